The van der Waals surface area contributed by atoms with Crippen molar-refractivity contribution in [1.82, 2.24) is 9.62 Å². The summed E-state index contributed by atoms with van der Waals surface area (Å²) in [6.07, 6.45) is 2.12. The minimum absolute atomic E-state index is 0.0482. The van der Waals surface area contributed by atoms with E-state index < -0.39 is 16.0 Å². The number of hydrogen-bond acceptors (Lipinski definition) is 6. The molecular weight excluding hydrogens is 448 g/mol. The van der Waals surface area contributed by atoms with Crippen molar-refractivity contribution in [3.63, 3.8) is 0 Å². The van der Waals surface area contributed by atoms with E-state index in [4.69, 9.17) is 16.3 Å². The van der Waals surface area contributed by atoms with Crippen molar-refractivity contribution < 1.29 is 22.7 Å². The van der Waals surface area contributed by atoms with Gasteiger partial charge in [-0.3, -0.25) is 4.79 Å². The fourth-order valence-corrected chi connectivity index (χ4v) is 6.27. The number of thiophene rings is 1. The van der Waals surface area contributed by atoms with E-state index in [2.05, 4.69) is 11.3 Å². The quantitative estimate of drug-likeness (QED) is 0.497. The van der Waals surface area contributed by atoms with E-state index in [0.29, 0.717) is 28.4 Å². The van der Waals surface area contributed by atoms with E-state index in [-0.39, 0.29) is 35.2 Å². The molecule has 2 aromatic rings. The minimum Gasteiger partial charge on any atom is -0.465 e. The molecule has 1 aliphatic rings. The van der Waals surface area contributed by atoms with Gasteiger partial charge in [0.1, 0.15) is 4.21 Å². The third kappa shape index (κ3) is 4.75. The molecule has 0 saturated heterocycles. The molecule has 0 unspecified atom stereocenters. The topological polar surface area (TPSA) is 92.8 Å². The Labute approximate surface area is 184 Å². The van der Waals surface area contributed by atoms with E-state index in [1.807, 2.05) is 0 Å². The molecule has 1 aromatic carbocycles. The molecule has 1 aromatic heterocycles. The van der Waals surface area contributed by atoms with Crippen LogP contribution in [0.1, 0.15) is 32.8 Å². The zero-order chi connectivity index (χ0) is 21.9. The van der Waals surface area contributed by atoms with Crippen LogP contribution < -0.4 is 4.72 Å². The Balaban J connectivity index is 1.91. The number of benzene rings is 1. The third-order valence-electron chi connectivity index (χ3n) is 4.71. The predicted octanol–water partition coefficient (Wildman–Crippen LogP) is 3.13. The first kappa shape index (κ1) is 22.5. The normalized spacial score (nSPS) is 13.6. The van der Waals surface area contributed by atoms with E-state index in [0.717, 1.165) is 16.9 Å². The van der Waals surface area contributed by atoms with E-state index in [9.17, 15) is 18.0 Å². The molecule has 0 spiro atoms. The van der Waals surface area contributed by atoms with Crippen molar-refractivity contribution in [2.24, 2.45) is 0 Å². The highest BCUT2D eigenvalue weighted by Gasteiger charge is 2.34. The van der Waals surface area contributed by atoms with Gasteiger partial charge in [0.05, 0.1) is 19.2 Å². The highest BCUT2D eigenvalue weighted by molar-refractivity contribution is 7.91. The lowest BCUT2D eigenvalue weighted by atomic mass is 10.0. The van der Waals surface area contributed by atoms with Crippen LogP contribution in [0.5, 0.6) is 0 Å². The Bertz CT molecular complexity index is 1080. The number of amides is 1. The van der Waals surface area contributed by atoms with Gasteiger partial charge in [-0.15, -0.1) is 17.9 Å². The third-order valence-corrected chi connectivity index (χ3v) is 8.10. The van der Waals surface area contributed by atoms with Gasteiger partial charge in [0, 0.05) is 29.4 Å². The molecule has 30 heavy (non-hydrogen) atoms. The molecule has 0 fully saturated rings. The number of carbonyl (C=O) groups is 2. The summed E-state index contributed by atoms with van der Waals surface area (Å²) in [5.74, 6) is -0.792. The van der Waals surface area contributed by atoms with Crippen molar-refractivity contribution in [2.45, 2.75) is 30.1 Å². The van der Waals surface area contributed by atoms with E-state index in [1.54, 1.807) is 29.2 Å². The molecule has 1 aliphatic heterocycles. The van der Waals surface area contributed by atoms with Gasteiger partial charge in [0.25, 0.3) is 10.0 Å². The maximum Gasteiger partial charge on any atom is 0.340 e. The molecule has 7 nitrogen and oxygen atoms in total. The Morgan fingerprint density at radius 1 is 1.33 bits per heavy atom. The first-order chi connectivity index (χ1) is 14.3. The molecule has 2 heterocycles. The summed E-state index contributed by atoms with van der Waals surface area (Å²) in [6, 6.07) is 6.77. The standard InChI is InChI=1S/C20H21ClN2O5S2/c1-3-4-17(24)23-10-9-15-16(12-23)29-20(18(15)19(25)28-2)30(26,27)22-11-13-5-7-14(21)8-6-13/h3,5-8,22H,1,4,9-12H2,2H3. The van der Waals surface area contributed by atoms with Crippen molar-refractivity contribution in [1.29, 1.82) is 0 Å². The maximum absolute atomic E-state index is 13.0. The number of halogens is 1. The smallest absolute Gasteiger partial charge is 0.340 e. The largest absolute Gasteiger partial charge is 0.465 e. The van der Waals surface area contributed by atoms with Crippen LogP contribution in [-0.2, 0) is 39.1 Å². The number of hydrogen-bond donors (Lipinski definition) is 1. The van der Waals surface area contributed by atoms with Crippen LogP contribution in [0.3, 0.4) is 0 Å². The van der Waals surface area contributed by atoms with Crippen molar-refractivity contribution in [3.05, 3.63) is 63.5 Å². The highest BCUT2D eigenvalue weighted by atomic mass is 35.5. The molecule has 3 rings (SSSR count). The van der Waals surface area contributed by atoms with Crippen LogP contribution >= 0.6 is 22.9 Å². The van der Waals surface area contributed by atoms with Crippen LogP contribution in [0, 0.1) is 0 Å². The molecule has 1 N–H and O–H groups in total. The fraction of sp³-hybridized carbons (Fsp3) is 0.300. The van der Waals surface area contributed by atoms with Gasteiger partial charge in [0.15, 0.2) is 0 Å². The number of nitrogens with zero attached hydrogens (tertiary/aromatic N) is 1. The Kier molecular flexibility index (Phi) is 6.97. The molecule has 0 radical (unpaired) electrons. The second-order valence-electron chi connectivity index (χ2n) is 6.67. The lowest BCUT2D eigenvalue weighted by molar-refractivity contribution is -0.131. The Hall–Kier alpha value is -2.20. The summed E-state index contributed by atoms with van der Waals surface area (Å²) < 4.78 is 33.3. The summed E-state index contributed by atoms with van der Waals surface area (Å²) in [5, 5.41) is 0.552. The predicted molar refractivity (Wildman–Crippen MR) is 115 cm³/mol. The number of nitrogens with one attached hydrogen (secondary N) is 1. The molecule has 0 atom stereocenters. The average Bonchev–Trinajstić information content (AvgIpc) is 3.12. The monoisotopic (exact) mass is 468 g/mol. The first-order valence-electron chi connectivity index (χ1n) is 9.12. The van der Waals surface area contributed by atoms with E-state index in [1.165, 1.54) is 13.2 Å². The summed E-state index contributed by atoms with van der Waals surface area (Å²) in [4.78, 5) is 26.9. The van der Waals surface area contributed by atoms with Crippen LogP contribution in [0.4, 0.5) is 0 Å². The lowest BCUT2D eigenvalue weighted by Crippen LogP contribution is -2.35. The summed E-state index contributed by atoms with van der Waals surface area (Å²) >= 11 is 6.86. The number of esters is 1. The number of fused-ring (bicyclic) bond motifs is 1. The lowest BCUT2D eigenvalue weighted by Gasteiger charge is -2.26. The van der Waals surface area contributed by atoms with Gasteiger partial charge in [-0.25, -0.2) is 17.9 Å². The second kappa shape index (κ2) is 9.30. The number of carbonyl (C=O) groups excluding carboxylic acids is 2. The van der Waals surface area contributed by atoms with Crippen LogP contribution in [0.15, 0.2) is 41.1 Å². The SMILES string of the molecule is C=CCC(=O)N1CCc2c(sc(S(=O)(=O)NCc3ccc(Cl)cc3)c2C(=O)OC)C1. The summed E-state index contributed by atoms with van der Waals surface area (Å²) in [5.41, 5.74) is 1.41. The van der Waals surface area contributed by atoms with E-state index >= 15 is 0 Å². The van der Waals surface area contributed by atoms with Crippen molar-refractivity contribution in [2.75, 3.05) is 13.7 Å². The molecule has 0 aliphatic carbocycles. The minimum atomic E-state index is -3.98. The fourth-order valence-electron chi connectivity index (χ4n) is 3.19. The van der Waals surface area contributed by atoms with Gasteiger partial charge in [-0.2, -0.15) is 0 Å². The molecule has 0 bridgehead atoms. The molecular formula is C20H21ClN2O5S2. The van der Waals surface area contributed by atoms with Crippen molar-refractivity contribution in [3.8, 4) is 0 Å². The van der Waals surface area contributed by atoms with Crippen molar-refractivity contribution >= 4 is 44.8 Å². The van der Waals surface area contributed by atoms with Crippen LogP contribution in [-0.4, -0.2) is 38.8 Å². The molecule has 1 amide bonds. The van der Waals surface area contributed by atoms with Gasteiger partial charge < -0.3 is 9.64 Å². The second-order valence-corrected chi connectivity index (χ2v) is 10.2. The van der Waals surface area contributed by atoms with Gasteiger partial charge >= 0.3 is 5.97 Å². The Morgan fingerprint density at radius 3 is 2.67 bits per heavy atom. The van der Waals surface area contributed by atoms with Crippen LogP contribution in [0.25, 0.3) is 0 Å². The summed E-state index contributed by atoms with van der Waals surface area (Å²) in [7, 11) is -2.77. The van der Waals surface area contributed by atoms with Gasteiger partial charge in [-0.05, 0) is 29.7 Å². The Morgan fingerprint density at radius 2 is 2.03 bits per heavy atom. The first-order valence-corrected chi connectivity index (χ1v) is 11.8. The molecule has 160 valence electrons. The van der Waals surface area contributed by atoms with Gasteiger partial charge in [0.2, 0.25) is 5.91 Å². The number of ether oxygens (including phenoxy) is 1. The molecule has 0 saturated carbocycles. The molecule has 10 heteroatoms. The summed E-state index contributed by atoms with van der Waals surface area (Å²) in [6.45, 7) is 4.28. The average molecular weight is 469 g/mol. The van der Waals surface area contributed by atoms with Gasteiger partial charge in [-0.1, -0.05) is 29.8 Å². The number of rotatable bonds is 7. The number of sulfonamides is 1. The maximum atomic E-state index is 13.0. The number of methoxy groups -OCH3 is 1. The zero-order valence-electron chi connectivity index (χ0n) is 16.3. The van der Waals surface area contributed by atoms with Crippen LogP contribution in [0.2, 0.25) is 5.02 Å². The highest BCUT2D eigenvalue weighted by Crippen LogP contribution is 2.36. The zero-order valence-corrected chi connectivity index (χ0v) is 18.7.